The van der Waals surface area contributed by atoms with Crippen LogP contribution < -0.4 is 10.6 Å². The second-order valence-corrected chi connectivity index (χ2v) is 5.05. The number of fused-ring (bicyclic) bond motifs is 1. The molecule has 0 spiro atoms. The summed E-state index contributed by atoms with van der Waals surface area (Å²) in [5, 5.41) is 6.87. The van der Waals surface area contributed by atoms with E-state index in [9.17, 15) is 0 Å². The Bertz CT molecular complexity index is 383. The summed E-state index contributed by atoms with van der Waals surface area (Å²) in [5.41, 5.74) is 4.32. The highest BCUT2D eigenvalue weighted by Crippen LogP contribution is 2.23. The maximum absolute atomic E-state index is 3.47. The van der Waals surface area contributed by atoms with E-state index in [2.05, 4.69) is 33.7 Å². The average Bonchev–Trinajstić information content (AvgIpc) is 2.40. The summed E-state index contributed by atoms with van der Waals surface area (Å²) in [5.74, 6) is 0. The van der Waals surface area contributed by atoms with Gasteiger partial charge in [-0.15, -0.1) is 0 Å². The molecule has 2 aliphatic rings. The van der Waals surface area contributed by atoms with Gasteiger partial charge in [0.05, 0.1) is 0 Å². The van der Waals surface area contributed by atoms with Crippen molar-refractivity contribution in [3.8, 4) is 0 Å². The van der Waals surface area contributed by atoms with Crippen molar-refractivity contribution in [3.05, 3.63) is 29.3 Å². The summed E-state index contributed by atoms with van der Waals surface area (Å²) in [4.78, 5) is 2.54. The number of rotatable bonds is 2. The Labute approximate surface area is 103 Å². The van der Waals surface area contributed by atoms with Crippen LogP contribution in [0, 0.1) is 0 Å². The summed E-state index contributed by atoms with van der Waals surface area (Å²) in [6.07, 6.45) is 2.50. The van der Waals surface area contributed by atoms with E-state index < -0.39 is 0 Å². The zero-order chi connectivity index (χ0) is 11.5. The smallest absolute Gasteiger partial charge is 0.0372 e. The molecule has 3 heteroatoms. The molecular weight excluding hydrogens is 210 g/mol. The van der Waals surface area contributed by atoms with Crippen LogP contribution in [-0.2, 0) is 13.0 Å². The van der Waals surface area contributed by atoms with Crippen LogP contribution in [0.25, 0.3) is 0 Å². The van der Waals surface area contributed by atoms with Crippen molar-refractivity contribution in [2.24, 2.45) is 0 Å². The third kappa shape index (κ3) is 2.61. The second kappa shape index (κ2) is 5.07. The van der Waals surface area contributed by atoms with Crippen molar-refractivity contribution in [3.63, 3.8) is 0 Å². The predicted octanol–water partition coefficient (Wildman–Crippen LogP) is 1.45. The first-order chi connectivity index (χ1) is 8.42. The minimum Gasteiger partial charge on any atom is -0.385 e. The molecule has 92 valence electrons. The first kappa shape index (κ1) is 11.1. The molecule has 2 aliphatic heterocycles. The van der Waals surface area contributed by atoms with Crippen LogP contribution in [0.2, 0.25) is 0 Å². The van der Waals surface area contributed by atoms with E-state index in [0.29, 0.717) is 0 Å². The Kier molecular flexibility index (Phi) is 3.29. The molecule has 2 N–H and O–H groups in total. The van der Waals surface area contributed by atoms with Gasteiger partial charge in [0, 0.05) is 45.0 Å². The van der Waals surface area contributed by atoms with E-state index >= 15 is 0 Å². The first-order valence-corrected chi connectivity index (χ1v) is 6.70. The van der Waals surface area contributed by atoms with Crippen LogP contribution in [0.4, 0.5) is 5.69 Å². The fraction of sp³-hybridized carbons (Fsp3) is 0.571. The molecule has 1 aromatic rings. The summed E-state index contributed by atoms with van der Waals surface area (Å²) < 4.78 is 0. The molecule has 0 aromatic heterocycles. The zero-order valence-electron chi connectivity index (χ0n) is 10.3. The molecule has 3 rings (SSSR count). The molecule has 0 bridgehead atoms. The van der Waals surface area contributed by atoms with Gasteiger partial charge in [0.25, 0.3) is 0 Å². The number of aryl methyl sites for hydroxylation is 1. The van der Waals surface area contributed by atoms with Crippen molar-refractivity contribution < 1.29 is 0 Å². The highest BCUT2D eigenvalue weighted by Gasteiger charge is 2.12. The van der Waals surface area contributed by atoms with Gasteiger partial charge in [-0.2, -0.15) is 0 Å². The average molecular weight is 231 g/mol. The molecule has 0 amide bonds. The minimum absolute atomic E-state index is 1.11. The molecule has 17 heavy (non-hydrogen) atoms. The minimum atomic E-state index is 1.11. The van der Waals surface area contributed by atoms with Crippen molar-refractivity contribution in [1.82, 2.24) is 10.2 Å². The van der Waals surface area contributed by atoms with Gasteiger partial charge in [-0.25, -0.2) is 0 Å². The zero-order valence-corrected chi connectivity index (χ0v) is 10.3. The summed E-state index contributed by atoms with van der Waals surface area (Å²) in [6.45, 7) is 6.85. The molecule has 1 fully saturated rings. The lowest BCUT2D eigenvalue weighted by atomic mass is 10.0. The Morgan fingerprint density at radius 3 is 2.88 bits per heavy atom. The van der Waals surface area contributed by atoms with Gasteiger partial charge in [0.2, 0.25) is 0 Å². The van der Waals surface area contributed by atoms with E-state index in [1.54, 1.807) is 0 Å². The standard InChI is InChI=1S/C14H21N3/c1-2-13-10-12(3-4-14(13)16-5-1)11-17-8-6-15-7-9-17/h3-4,10,15-16H,1-2,5-9,11H2. The normalized spacial score (nSPS) is 20.7. The summed E-state index contributed by atoms with van der Waals surface area (Å²) in [6, 6.07) is 6.93. The molecule has 1 aromatic carbocycles. The lowest BCUT2D eigenvalue weighted by Crippen LogP contribution is -2.42. The lowest BCUT2D eigenvalue weighted by Gasteiger charge is -2.28. The van der Waals surface area contributed by atoms with Gasteiger partial charge in [0.1, 0.15) is 0 Å². The highest BCUT2D eigenvalue weighted by molar-refractivity contribution is 5.54. The van der Waals surface area contributed by atoms with Gasteiger partial charge in [-0.05, 0) is 30.0 Å². The number of hydrogen-bond donors (Lipinski definition) is 2. The number of nitrogens with one attached hydrogen (secondary N) is 2. The fourth-order valence-electron chi connectivity index (χ4n) is 2.75. The topological polar surface area (TPSA) is 27.3 Å². The van der Waals surface area contributed by atoms with Crippen molar-refractivity contribution >= 4 is 5.69 Å². The number of hydrogen-bond acceptors (Lipinski definition) is 3. The molecule has 1 saturated heterocycles. The van der Waals surface area contributed by atoms with E-state index in [1.165, 1.54) is 42.7 Å². The van der Waals surface area contributed by atoms with E-state index in [1.807, 2.05) is 0 Å². The Balaban J connectivity index is 1.70. The van der Waals surface area contributed by atoms with Gasteiger partial charge in [-0.1, -0.05) is 12.1 Å². The van der Waals surface area contributed by atoms with E-state index in [4.69, 9.17) is 0 Å². The van der Waals surface area contributed by atoms with Crippen LogP contribution >= 0.6 is 0 Å². The Hall–Kier alpha value is -1.06. The van der Waals surface area contributed by atoms with Crippen LogP contribution in [0.3, 0.4) is 0 Å². The van der Waals surface area contributed by atoms with Crippen LogP contribution in [-0.4, -0.2) is 37.6 Å². The van der Waals surface area contributed by atoms with Crippen molar-refractivity contribution in [2.75, 3.05) is 38.0 Å². The predicted molar refractivity (Wildman–Crippen MR) is 71.4 cm³/mol. The van der Waals surface area contributed by atoms with Gasteiger partial charge in [-0.3, -0.25) is 4.90 Å². The molecule has 0 aliphatic carbocycles. The van der Waals surface area contributed by atoms with Gasteiger partial charge < -0.3 is 10.6 Å². The first-order valence-electron chi connectivity index (χ1n) is 6.70. The SMILES string of the molecule is c1cc2c(cc1CN1CCNCC1)CCCN2. The second-order valence-electron chi connectivity index (χ2n) is 5.05. The summed E-state index contributed by atoms with van der Waals surface area (Å²) in [7, 11) is 0. The Morgan fingerprint density at radius 1 is 1.12 bits per heavy atom. The fourth-order valence-corrected chi connectivity index (χ4v) is 2.75. The third-order valence-corrected chi connectivity index (χ3v) is 3.72. The van der Waals surface area contributed by atoms with Crippen LogP contribution in [0.5, 0.6) is 0 Å². The number of benzene rings is 1. The van der Waals surface area contributed by atoms with E-state index in [-0.39, 0.29) is 0 Å². The maximum atomic E-state index is 3.47. The third-order valence-electron chi connectivity index (χ3n) is 3.72. The molecule has 0 atom stereocenters. The molecule has 0 radical (unpaired) electrons. The van der Waals surface area contributed by atoms with E-state index in [0.717, 1.165) is 26.2 Å². The van der Waals surface area contributed by atoms with Crippen molar-refractivity contribution in [1.29, 1.82) is 0 Å². The quantitative estimate of drug-likeness (QED) is 0.807. The van der Waals surface area contributed by atoms with Crippen LogP contribution in [0.15, 0.2) is 18.2 Å². The molecular formula is C14H21N3. The van der Waals surface area contributed by atoms with Gasteiger partial charge in [0.15, 0.2) is 0 Å². The lowest BCUT2D eigenvalue weighted by molar-refractivity contribution is 0.233. The molecule has 2 heterocycles. The summed E-state index contributed by atoms with van der Waals surface area (Å²) >= 11 is 0. The highest BCUT2D eigenvalue weighted by atomic mass is 15.2. The molecule has 0 unspecified atom stereocenters. The van der Waals surface area contributed by atoms with Crippen LogP contribution in [0.1, 0.15) is 17.5 Å². The monoisotopic (exact) mass is 231 g/mol. The maximum Gasteiger partial charge on any atom is 0.0372 e. The number of piperazine rings is 1. The molecule has 0 saturated carbocycles. The number of anilines is 1. The van der Waals surface area contributed by atoms with Gasteiger partial charge >= 0.3 is 0 Å². The number of nitrogens with zero attached hydrogens (tertiary/aromatic N) is 1. The molecule has 3 nitrogen and oxygen atoms in total. The van der Waals surface area contributed by atoms with Crippen molar-refractivity contribution in [2.45, 2.75) is 19.4 Å². The largest absolute Gasteiger partial charge is 0.385 e. The Morgan fingerprint density at radius 2 is 2.00 bits per heavy atom.